The van der Waals surface area contributed by atoms with Crippen LogP contribution in [-0.4, -0.2) is 23.8 Å². The Labute approximate surface area is 202 Å². The van der Waals surface area contributed by atoms with Crippen molar-refractivity contribution in [2.75, 3.05) is 0 Å². The van der Waals surface area contributed by atoms with E-state index in [9.17, 15) is 9.59 Å². The molecule has 1 aliphatic rings. The van der Waals surface area contributed by atoms with Crippen molar-refractivity contribution in [1.82, 2.24) is 5.32 Å². The van der Waals surface area contributed by atoms with Gasteiger partial charge in [-0.3, -0.25) is 14.9 Å². The summed E-state index contributed by atoms with van der Waals surface area (Å²) in [6, 6.07) is 26.2. The summed E-state index contributed by atoms with van der Waals surface area (Å²) in [5.41, 5.74) is 3.99. The predicted molar refractivity (Wildman–Crippen MR) is 135 cm³/mol. The molecule has 2 atom stereocenters. The summed E-state index contributed by atoms with van der Waals surface area (Å²) < 4.78 is 5.70. The van der Waals surface area contributed by atoms with E-state index in [0.29, 0.717) is 17.9 Å². The van der Waals surface area contributed by atoms with Crippen molar-refractivity contribution in [2.45, 2.75) is 63.6 Å². The van der Waals surface area contributed by atoms with Crippen LogP contribution in [0.5, 0.6) is 0 Å². The number of Topliss-reactive ketones (excluding diaryl/α,β-unsaturated/α-hetero) is 1. The van der Waals surface area contributed by atoms with Gasteiger partial charge in [0.05, 0.1) is 6.04 Å². The molecule has 1 fully saturated rings. The molecule has 0 radical (unpaired) electrons. The van der Waals surface area contributed by atoms with E-state index < -0.39 is 12.1 Å². The first-order valence-electron chi connectivity index (χ1n) is 12.2. The van der Waals surface area contributed by atoms with E-state index in [2.05, 4.69) is 29.6 Å². The number of esters is 1. The molecule has 3 aromatic rings. The first kappa shape index (κ1) is 23.9. The van der Waals surface area contributed by atoms with Gasteiger partial charge in [-0.2, -0.15) is 0 Å². The fraction of sp³-hybridized carbons (Fsp3) is 0.333. The van der Waals surface area contributed by atoms with Gasteiger partial charge in [0.1, 0.15) is 12.6 Å². The zero-order valence-electron chi connectivity index (χ0n) is 19.8. The lowest BCUT2D eigenvalue weighted by Crippen LogP contribution is -2.47. The summed E-state index contributed by atoms with van der Waals surface area (Å²) in [5, 5.41) is 3.22. The molecule has 176 valence electrons. The van der Waals surface area contributed by atoms with Crippen molar-refractivity contribution in [2.24, 2.45) is 0 Å². The summed E-state index contributed by atoms with van der Waals surface area (Å²) >= 11 is 0. The van der Waals surface area contributed by atoms with Crippen molar-refractivity contribution >= 4 is 11.8 Å². The molecule has 4 heteroatoms. The molecule has 2 unspecified atom stereocenters. The normalized spacial score (nSPS) is 15.6. The molecule has 0 heterocycles. The Morgan fingerprint density at radius 1 is 0.853 bits per heavy atom. The maximum Gasteiger partial charge on any atom is 0.323 e. The SMILES string of the molecule is CC(NC(Cc1ccccc1)C(=O)OCc1ccc(C2CCCC2)cc1)C(=O)c1ccccc1. The van der Waals surface area contributed by atoms with Gasteiger partial charge in [-0.1, -0.05) is 97.8 Å². The van der Waals surface area contributed by atoms with Crippen LogP contribution in [0.25, 0.3) is 0 Å². The molecular formula is C30H33NO3. The number of benzene rings is 3. The van der Waals surface area contributed by atoms with E-state index in [1.54, 1.807) is 19.1 Å². The molecule has 0 bridgehead atoms. The Balaban J connectivity index is 1.40. The summed E-state index contributed by atoms with van der Waals surface area (Å²) in [6.45, 7) is 2.01. The smallest absolute Gasteiger partial charge is 0.323 e. The van der Waals surface area contributed by atoms with Crippen LogP contribution >= 0.6 is 0 Å². The number of hydrogen-bond acceptors (Lipinski definition) is 4. The van der Waals surface area contributed by atoms with Crippen molar-refractivity contribution < 1.29 is 14.3 Å². The van der Waals surface area contributed by atoms with Crippen molar-refractivity contribution in [3.05, 3.63) is 107 Å². The van der Waals surface area contributed by atoms with Crippen molar-refractivity contribution in [1.29, 1.82) is 0 Å². The second-order valence-corrected chi connectivity index (χ2v) is 9.19. The first-order chi connectivity index (χ1) is 16.6. The van der Waals surface area contributed by atoms with Crippen LogP contribution in [0.2, 0.25) is 0 Å². The van der Waals surface area contributed by atoms with Gasteiger partial charge in [-0.15, -0.1) is 0 Å². The summed E-state index contributed by atoms with van der Waals surface area (Å²) in [5.74, 6) is 0.269. The molecule has 1 aliphatic carbocycles. The summed E-state index contributed by atoms with van der Waals surface area (Å²) in [4.78, 5) is 26.0. The zero-order chi connectivity index (χ0) is 23.8. The minimum Gasteiger partial charge on any atom is -0.460 e. The lowest BCUT2D eigenvalue weighted by atomic mass is 9.97. The standard InChI is InChI=1S/C30H33NO3/c1-22(29(32)27-14-6-3-7-15-27)31-28(20-23-10-4-2-5-11-23)30(33)34-21-24-16-18-26(19-17-24)25-12-8-9-13-25/h2-7,10-11,14-19,22,25,28,31H,8-9,12-13,20-21H2,1H3. The highest BCUT2D eigenvalue weighted by molar-refractivity contribution is 6.00. The van der Waals surface area contributed by atoms with E-state index in [4.69, 9.17) is 4.74 Å². The molecule has 0 spiro atoms. The highest BCUT2D eigenvalue weighted by Gasteiger charge is 2.26. The van der Waals surface area contributed by atoms with E-state index in [-0.39, 0.29) is 18.4 Å². The number of rotatable bonds is 10. The fourth-order valence-electron chi connectivity index (χ4n) is 4.69. The van der Waals surface area contributed by atoms with Crippen LogP contribution < -0.4 is 5.32 Å². The number of hydrogen-bond donors (Lipinski definition) is 1. The van der Waals surface area contributed by atoms with Crippen LogP contribution in [0.3, 0.4) is 0 Å². The van der Waals surface area contributed by atoms with Gasteiger partial charge in [-0.05, 0) is 48.8 Å². The molecule has 4 nitrogen and oxygen atoms in total. The first-order valence-corrected chi connectivity index (χ1v) is 12.2. The lowest BCUT2D eigenvalue weighted by molar-refractivity contribution is -0.147. The molecule has 0 saturated heterocycles. The maximum atomic E-state index is 13.1. The number of ketones is 1. The molecule has 0 amide bonds. The Morgan fingerprint density at radius 3 is 2.12 bits per heavy atom. The Kier molecular flexibility index (Phi) is 8.26. The fourth-order valence-corrected chi connectivity index (χ4v) is 4.69. The summed E-state index contributed by atoms with van der Waals surface area (Å²) in [7, 11) is 0. The van der Waals surface area contributed by atoms with Crippen molar-refractivity contribution in [3.8, 4) is 0 Å². The topological polar surface area (TPSA) is 55.4 Å². The van der Waals surface area contributed by atoms with E-state index in [1.807, 2.05) is 48.5 Å². The third-order valence-corrected chi connectivity index (χ3v) is 6.66. The molecule has 0 aliphatic heterocycles. The predicted octanol–water partition coefficient (Wildman–Crippen LogP) is 5.86. The number of carbonyl (C=O) groups excluding carboxylic acids is 2. The van der Waals surface area contributed by atoms with Crippen LogP contribution in [0.4, 0.5) is 0 Å². The van der Waals surface area contributed by atoms with Crippen LogP contribution in [0, 0.1) is 0 Å². The summed E-state index contributed by atoms with van der Waals surface area (Å²) in [6.07, 6.45) is 5.60. The molecule has 4 rings (SSSR count). The average Bonchev–Trinajstić information content (AvgIpc) is 3.43. The minimum absolute atomic E-state index is 0.0473. The van der Waals surface area contributed by atoms with Gasteiger partial charge in [-0.25, -0.2) is 0 Å². The second kappa shape index (κ2) is 11.8. The minimum atomic E-state index is -0.622. The van der Waals surface area contributed by atoms with Gasteiger partial charge < -0.3 is 4.74 Å². The van der Waals surface area contributed by atoms with Gasteiger partial charge in [0.25, 0.3) is 0 Å². The molecule has 34 heavy (non-hydrogen) atoms. The second-order valence-electron chi connectivity index (χ2n) is 9.19. The van der Waals surface area contributed by atoms with Gasteiger partial charge in [0.15, 0.2) is 5.78 Å². The monoisotopic (exact) mass is 455 g/mol. The van der Waals surface area contributed by atoms with E-state index in [0.717, 1.165) is 11.1 Å². The van der Waals surface area contributed by atoms with Crippen molar-refractivity contribution in [3.63, 3.8) is 0 Å². The average molecular weight is 456 g/mol. The van der Waals surface area contributed by atoms with E-state index in [1.165, 1.54) is 31.2 Å². The largest absolute Gasteiger partial charge is 0.460 e. The third kappa shape index (κ3) is 6.42. The maximum absolute atomic E-state index is 13.1. The highest BCUT2D eigenvalue weighted by Crippen LogP contribution is 2.34. The molecule has 1 saturated carbocycles. The zero-order valence-corrected chi connectivity index (χ0v) is 19.8. The molecule has 1 N–H and O–H groups in total. The van der Waals surface area contributed by atoms with Crippen LogP contribution in [0.15, 0.2) is 84.9 Å². The van der Waals surface area contributed by atoms with Gasteiger partial charge in [0.2, 0.25) is 0 Å². The number of ether oxygens (including phenoxy) is 1. The van der Waals surface area contributed by atoms with E-state index >= 15 is 0 Å². The number of carbonyl (C=O) groups is 2. The Bertz CT molecular complexity index is 1060. The molecular weight excluding hydrogens is 422 g/mol. The van der Waals surface area contributed by atoms with Crippen LogP contribution in [-0.2, 0) is 22.6 Å². The highest BCUT2D eigenvalue weighted by atomic mass is 16.5. The molecule has 3 aromatic carbocycles. The lowest BCUT2D eigenvalue weighted by Gasteiger charge is -2.22. The Morgan fingerprint density at radius 2 is 1.47 bits per heavy atom. The third-order valence-electron chi connectivity index (χ3n) is 6.66. The van der Waals surface area contributed by atoms with Gasteiger partial charge in [0, 0.05) is 5.56 Å². The molecule has 0 aromatic heterocycles. The van der Waals surface area contributed by atoms with Gasteiger partial charge >= 0.3 is 5.97 Å². The Hall–Kier alpha value is -3.24. The van der Waals surface area contributed by atoms with Crippen LogP contribution in [0.1, 0.15) is 65.6 Å². The number of nitrogens with one attached hydrogen (secondary N) is 1. The quantitative estimate of drug-likeness (QED) is 0.307.